The summed E-state index contributed by atoms with van der Waals surface area (Å²) in [6.45, 7) is 7.75. The molecule has 5 heteroatoms. The van der Waals surface area contributed by atoms with Gasteiger partial charge >= 0.3 is 7.75 Å². The molecule has 0 bridgehead atoms. The molecule has 1 fully saturated rings. The monoisotopic (exact) mass is 221 g/mol. The molecule has 1 rings (SSSR count). The van der Waals surface area contributed by atoms with Crippen LogP contribution in [-0.4, -0.2) is 26.0 Å². The fraction of sp³-hybridized carbons (Fsp3) is 1.00. The molecule has 0 aromatic carbocycles. The van der Waals surface area contributed by atoms with Gasteiger partial charge in [0.1, 0.15) is 0 Å². The van der Waals surface area contributed by atoms with E-state index in [1.54, 1.807) is 0 Å². The number of nitrogens with zero attached hydrogens (tertiary/aromatic N) is 1. The summed E-state index contributed by atoms with van der Waals surface area (Å²) >= 11 is 0. The second kappa shape index (κ2) is 3.60. The van der Waals surface area contributed by atoms with Crippen molar-refractivity contribution < 1.29 is 14.4 Å². The normalized spacial score (nSPS) is 34.4. The number of piperidine rings is 1. The summed E-state index contributed by atoms with van der Waals surface area (Å²) in [4.78, 5) is 18.6. The van der Waals surface area contributed by atoms with Gasteiger partial charge in [-0.2, -0.15) is 0 Å². The van der Waals surface area contributed by atoms with E-state index in [4.69, 9.17) is 0 Å². The molecule has 0 spiro atoms. The molecular formula is C9H20NO3P. The van der Waals surface area contributed by atoms with Gasteiger partial charge in [0, 0.05) is 11.6 Å². The lowest BCUT2D eigenvalue weighted by Crippen LogP contribution is -2.54. The zero-order valence-electron chi connectivity index (χ0n) is 9.27. The van der Waals surface area contributed by atoms with Crippen LogP contribution in [0.25, 0.3) is 0 Å². The predicted molar refractivity (Wildman–Crippen MR) is 55.8 cm³/mol. The van der Waals surface area contributed by atoms with Crippen molar-refractivity contribution in [3.05, 3.63) is 0 Å². The van der Waals surface area contributed by atoms with Crippen LogP contribution in [0, 0.1) is 5.92 Å². The molecule has 2 N–H and O–H groups in total. The first-order valence-corrected chi connectivity index (χ1v) is 6.59. The topological polar surface area (TPSA) is 60.8 Å². The highest BCUT2D eigenvalue weighted by Crippen LogP contribution is 2.52. The van der Waals surface area contributed by atoms with Gasteiger partial charge in [0.2, 0.25) is 0 Å². The Kier molecular flexibility index (Phi) is 3.13. The second-order valence-corrected chi connectivity index (χ2v) is 6.30. The summed E-state index contributed by atoms with van der Waals surface area (Å²) in [5.41, 5.74) is -0.420. The van der Waals surface area contributed by atoms with Gasteiger partial charge in [-0.25, -0.2) is 9.24 Å². The Morgan fingerprint density at radius 3 is 2.14 bits per heavy atom. The van der Waals surface area contributed by atoms with Crippen LogP contribution in [0.15, 0.2) is 0 Å². The third-order valence-corrected chi connectivity index (χ3v) is 4.98. The third-order valence-electron chi connectivity index (χ3n) is 3.51. The molecule has 1 aliphatic heterocycles. The van der Waals surface area contributed by atoms with Crippen molar-refractivity contribution in [2.24, 2.45) is 5.92 Å². The number of hydrogen-bond acceptors (Lipinski definition) is 1. The minimum Gasteiger partial charge on any atom is -0.312 e. The van der Waals surface area contributed by atoms with Gasteiger partial charge in [-0.15, -0.1) is 0 Å². The van der Waals surface area contributed by atoms with Crippen LogP contribution in [0.1, 0.15) is 40.5 Å². The van der Waals surface area contributed by atoms with E-state index in [-0.39, 0.29) is 6.04 Å². The van der Waals surface area contributed by atoms with Crippen LogP contribution in [-0.2, 0) is 4.57 Å². The molecule has 2 unspecified atom stereocenters. The summed E-state index contributed by atoms with van der Waals surface area (Å²) in [7, 11) is -4.12. The van der Waals surface area contributed by atoms with E-state index in [0.29, 0.717) is 5.92 Å². The van der Waals surface area contributed by atoms with Crippen molar-refractivity contribution in [1.29, 1.82) is 0 Å². The van der Waals surface area contributed by atoms with Crippen LogP contribution in [0.5, 0.6) is 0 Å². The summed E-state index contributed by atoms with van der Waals surface area (Å²) in [5, 5.41) is 0. The van der Waals surface area contributed by atoms with Gasteiger partial charge in [0.05, 0.1) is 0 Å². The molecule has 1 saturated heterocycles. The van der Waals surface area contributed by atoms with Crippen LogP contribution >= 0.6 is 7.75 Å². The minimum atomic E-state index is -4.12. The third kappa shape index (κ3) is 2.03. The SMILES string of the molecule is CC1CCC(C)C(C)(C)N1P(=O)(O)O. The highest BCUT2D eigenvalue weighted by Gasteiger charge is 2.47. The average molecular weight is 221 g/mol. The van der Waals surface area contributed by atoms with E-state index in [9.17, 15) is 14.4 Å². The Hall–Kier alpha value is 0.110. The molecule has 1 heterocycles. The van der Waals surface area contributed by atoms with Gasteiger partial charge in [-0.05, 0) is 39.5 Å². The molecule has 14 heavy (non-hydrogen) atoms. The molecule has 0 aromatic heterocycles. The fourth-order valence-corrected chi connectivity index (χ4v) is 3.85. The molecule has 0 aromatic rings. The van der Waals surface area contributed by atoms with E-state index >= 15 is 0 Å². The van der Waals surface area contributed by atoms with E-state index in [1.165, 1.54) is 4.67 Å². The van der Waals surface area contributed by atoms with Crippen molar-refractivity contribution in [1.82, 2.24) is 4.67 Å². The molecule has 2 atom stereocenters. The second-order valence-electron chi connectivity index (χ2n) is 4.84. The maximum absolute atomic E-state index is 11.4. The van der Waals surface area contributed by atoms with E-state index in [1.807, 2.05) is 20.8 Å². The summed E-state index contributed by atoms with van der Waals surface area (Å²) < 4.78 is 12.7. The highest BCUT2D eigenvalue weighted by molar-refractivity contribution is 7.49. The van der Waals surface area contributed by atoms with Crippen LogP contribution in [0.4, 0.5) is 0 Å². The maximum Gasteiger partial charge on any atom is 0.403 e. The highest BCUT2D eigenvalue weighted by atomic mass is 31.2. The van der Waals surface area contributed by atoms with Crippen molar-refractivity contribution in [3.63, 3.8) is 0 Å². The molecule has 1 aliphatic rings. The minimum absolute atomic E-state index is 0.0398. The average Bonchev–Trinajstić information content (AvgIpc) is 1.94. The van der Waals surface area contributed by atoms with Crippen LogP contribution in [0.3, 0.4) is 0 Å². The van der Waals surface area contributed by atoms with Gasteiger partial charge < -0.3 is 9.79 Å². The number of hydrogen-bond donors (Lipinski definition) is 2. The maximum atomic E-state index is 11.4. The summed E-state index contributed by atoms with van der Waals surface area (Å²) in [6, 6.07) is -0.0398. The Labute approximate surface area is 85.5 Å². The Balaban J connectivity index is 3.04. The van der Waals surface area contributed by atoms with E-state index < -0.39 is 13.3 Å². The lowest BCUT2D eigenvalue weighted by molar-refractivity contribution is 0.0405. The quantitative estimate of drug-likeness (QED) is 0.665. The Morgan fingerprint density at radius 2 is 1.79 bits per heavy atom. The molecule has 0 radical (unpaired) electrons. The van der Waals surface area contributed by atoms with Crippen molar-refractivity contribution in [2.75, 3.05) is 0 Å². The zero-order valence-corrected chi connectivity index (χ0v) is 10.2. The van der Waals surface area contributed by atoms with Gasteiger partial charge in [0.15, 0.2) is 0 Å². The molecular weight excluding hydrogens is 201 g/mol. The standard InChI is InChI=1S/C9H20NO3P/c1-7-5-6-8(2)10(9(7,3)4)14(11,12)13/h7-8H,5-6H2,1-4H3,(H2,11,12,13). The lowest BCUT2D eigenvalue weighted by atomic mass is 9.80. The Morgan fingerprint density at radius 1 is 1.29 bits per heavy atom. The first-order valence-electron chi connectivity index (χ1n) is 5.02. The molecule has 84 valence electrons. The van der Waals surface area contributed by atoms with E-state index in [2.05, 4.69) is 6.92 Å². The summed E-state index contributed by atoms with van der Waals surface area (Å²) in [6.07, 6.45) is 1.89. The smallest absolute Gasteiger partial charge is 0.312 e. The molecule has 0 saturated carbocycles. The largest absolute Gasteiger partial charge is 0.403 e. The lowest BCUT2D eigenvalue weighted by Gasteiger charge is -2.49. The first-order chi connectivity index (χ1) is 6.17. The van der Waals surface area contributed by atoms with Crippen molar-refractivity contribution in [2.45, 2.75) is 52.1 Å². The van der Waals surface area contributed by atoms with Gasteiger partial charge in [0.25, 0.3) is 0 Å². The first kappa shape index (κ1) is 12.2. The predicted octanol–water partition coefficient (Wildman–Crippen LogP) is 1.98. The van der Waals surface area contributed by atoms with E-state index in [0.717, 1.165) is 12.8 Å². The van der Waals surface area contributed by atoms with Crippen molar-refractivity contribution in [3.8, 4) is 0 Å². The van der Waals surface area contributed by atoms with Crippen molar-refractivity contribution >= 4 is 7.75 Å². The fourth-order valence-electron chi connectivity index (χ4n) is 2.35. The molecule has 4 nitrogen and oxygen atoms in total. The van der Waals surface area contributed by atoms with Gasteiger partial charge in [-0.1, -0.05) is 6.92 Å². The van der Waals surface area contributed by atoms with Crippen LogP contribution in [0.2, 0.25) is 0 Å². The molecule has 0 aliphatic carbocycles. The molecule has 0 amide bonds. The Bertz CT molecular complexity index is 261. The zero-order chi connectivity index (χ0) is 11.1. The van der Waals surface area contributed by atoms with Gasteiger partial charge in [-0.3, -0.25) is 0 Å². The van der Waals surface area contributed by atoms with Crippen LogP contribution < -0.4 is 0 Å². The summed E-state index contributed by atoms with van der Waals surface area (Å²) in [5.74, 6) is 0.311. The number of rotatable bonds is 1.